The van der Waals surface area contributed by atoms with E-state index >= 15 is 0 Å². The Morgan fingerprint density at radius 1 is 1.47 bits per heavy atom. The normalized spacial score (nSPS) is 15.0. The minimum Gasteiger partial charge on any atom is -0.438 e. The van der Waals surface area contributed by atoms with Crippen LogP contribution < -0.4 is 4.90 Å². The molecule has 1 saturated heterocycles. The van der Waals surface area contributed by atoms with E-state index in [-0.39, 0.29) is 18.2 Å². The smallest absolute Gasteiger partial charge is 0.242 e. The zero-order chi connectivity index (χ0) is 12.3. The van der Waals surface area contributed by atoms with Crippen LogP contribution in [0.2, 0.25) is 0 Å². The first-order valence-corrected chi connectivity index (χ1v) is 5.74. The van der Waals surface area contributed by atoms with Crippen LogP contribution in [-0.2, 0) is 4.79 Å². The van der Waals surface area contributed by atoms with Gasteiger partial charge in [-0.25, -0.2) is 0 Å². The molecular formula is C12H16N2O3. The first-order chi connectivity index (χ1) is 8.20. The van der Waals surface area contributed by atoms with E-state index in [0.29, 0.717) is 12.2 Å². The third kappa shape index (κ3) is 2.67. The van der Waals surface area contributed by atoms with Gasteiger partial charge in [-0.15, -0.1) is 0 Å². The fraction of sp³-hybridized carbons (Fsp3) is 0.500. The summed E-state index contributed by atoms with van der Waals surface area (Å²) in [7, 11) is 1.78. The summed E-state index contributed by atoms with van der Waals surface area (Å²) < 4.78 is 5.25. The Morgan fingerprint density at radius 2 is 2.18 bits per heavy atom. The van der Waals surface area contributed by atoms with Crippen LogP contribution in [-0.4, -0.2) is 43.8 Å². The monoisotopic (exact) mass is 236 g/mol. The topological polar surface area (TPSA) is 53.8 Å². The van der Waals surface area contributed by atoms with Crippen molar-refractivity contribution in [2.75, 3.05) is 31.6 Å². The number of hydrogen-bond acceptors (Lipinski definition) is 4. The van der Waals surface area contributed by atoms with Crippen LogP contribution in [0.5, 0.6) is 0 Å². The lowest BCUT2D eigenvalue weighted by Gasteiger charge is -2.20. The van der Waals surface area contributed by atoms with Gasteiger partial charge >= 0.3 is 0 Å². The maximum absolute atomic E-state index is 11.9. The van der Waals surface area contributed by atoms with Crippen molar-refractivity contribution in [1.29, 1.82) is 0 Å². The molecule has 0 atom stereocenters. The van der Waals surface area contributed by atoms with Crippen LogP contribution >= 0.6 is 0 Å². The van der Waals surface area contributed by atoms with E-state index in [4.69, 9.17) is 4.42 Å². The highest BCUT2D eigenvalue weighted by molar-refractivity contribution is 5.81. The summed E-state index contributed by atoms with van der Waals surface area (Å²) in [6.07, 6.45) is 2.83. The molecule has 0 aliphatic carbocycles. The lowest BCUT2D eigenvalue weighted by Crippen LogP contribution is -2.37. The van der Waals surface area contributed by atoms with Gasteiger partial charge in [0, 0.05) is 26.2 Å². The predicted octanol–water partition coefficient (Wildman–Crippen LogP) is 1.15. The minimum atomic E-state index is 0.106. The Hall–Kier alpha value is -1.78. The molecule has 5 nitrogen and oxygen atoms in total. The summed E-state index contributed by atoms with van der Waals surface area (Å²) in [5.74, 6) is 0.925. The molecule has 2 heterocycles. The summed E-state index contributed by atoms with van der Waals surface area (Å²) >= 11 is 0. The van der Waals surface area contributed by atoms with Gasteiger partial charge in [-0.2, -0.15) is 0 Å². The largest absolute Gasteiger partial charge is 0.438 e. The van der Waals surface area contributed by atoms with Crippen LogP contribution in [0.4, 0.5) is 5.88 Å². The number of hydrogen-bond donors (Lipinski definition) is 0. The van der Waals surface area contributed by atoms with Crippen molar-refractivity contribution in [3.8, 4) is 0 Å². The SMILES string of the molecule is CN(CC(=O)N1CCCC1)c1ccc(C=O)o1. The number of likely N-dealkylation sites (tertiary alicyclic amines) is 1. The fourth-order valence-corrected chi connectivity index (χ4v) is 1.96. The average Bonchev–Trinajstić information content (AvgIpc) is 3.00. The van der Waals surface area contributed by atoms with E-state index in [1.165, 1.54) is 0 Å². The van der Waals surface area contributed by atoms with Crippen LogP contribution in [0.3, 0.4) is 0 Å². The Morgan fingerprint density at radius 3 is 2.76 bits per heavy atom. The highest BCUT2D eigenvalue weighted by Crippen LogP contribution is 2.16. The predicted molar refractivity (Wildman–Crippen MR) is 63.2 cm³/mol. The molecule has 0 aromatic carbocycles. The second-order valence-corrected chi connectivity index (χ2v) is 4.24. The van der Waals surface area contributed by atoms with Gasteiger partial charge in [-0.3, -0.25) is 9.59 Å². The number of nitrogens with zero attached hydrogens (tertiary/aromatic N) is 2. The Labute approximate surface area is 100.0 Å². The molecule has 17 heavy (non-hydrogen) atoms. The second-order valence-electron chi connectivity index (χ2n) is 4.24. The zero-order valence-electron chi connectivity index (χ0n) is 9.89. The molecule has 1 fully saturated rings. The quantitative estimate of drug-likeness (QED) is 0.736. The molecule has 1 aliphatic heterocycles. The minimum absolute atomic E-state index is 0.106. The van der Waals surface area contributed by atoms with E-state index in [2.05, 4.69) is 0 Å². The molecule has 0 bridgehead atoms. The van der Waals surface area contributed by atoms with Crippen molar-refractivity contribution < 1.29 is 14.0 Å². The molecule has 0 unspecified atom stereocenters. The van der Waals surface area contributed by atoms with E-state index in [0.717, 1.165) is 25.9 Å². The van der Waals surface area contributed by atoms with Crippen molar-refractivity contribution in [2.45, 2.75) is 12.8 Å². The van der Waals surface area contributed by atoms with Gasteiger partial charge in [0.05, 0.1) is 6.54 Å². The van der Waals surface area contributed by atoms with Crippen LogP contribution in [0.15, 0.2) is 16.5 Å². The summed E-state index contributed by atoms with van der Waals surface area (Å²) in [6, 6.07) is 3.29. The van der Waals surface area contributed by atoms with Gasteiger partial charge in [-0.05, 0) is 18.9 Å². The number of carbonyl (C=O) groups excluding carboxylic acids is 2. The van der Waals surface area contributed by atoms with Crippen molar-refractivity contribution >= 4 is 18.1 Å². The highest BCUT2D eigenvalue weighted by Gasteiger charge is 2.20. The summed E-state index contributed by atoms with van der Waals surface area (Å²) in [5, 5.41) is 0. The molecule has 5 heteroatoms. The van der Waals surface area contributed by atoms with E-state index in [9.17, 15) is 9.59 Å². The van der Waals surface area contributed by atoms with Crippen LogP contribution in [0.25, 0.3) is 0 Å². The van der Waals surface area contributed by atoms with Crippen molar-refractivity contribution in [2.24, 2.45) is 0 Å². The molecule has 1 amide bonds. The maximum Gasteiger partial charge on any atom is 0.242 e. The lowest BCUT2D eigenvalue weighted by atomic mass is 10.4. The standard InChI is InChI=1S/C12H16N2O3/c1-13(12-5-4-10(9-15)17-12)8-11(16)14-6-2-3-7-14/h4-5,9H,2-3,6-8H2,1H3. The van der Waals surface area contributed by atoms with Crippen LogP contribution in [0.1, 0.15) is 23.4 Å². The molecule has 0 spiro atoms. The number of furan rings is 1. The van der Waals surface area contributed by atoms with E-state index in [1.54, 1.807) is 24.1 Å². The molecular weight excluding hydrogens is 220 g/mol. The number of likely N-dealkylation sites (N-methyl/N-ethyl adjacent to an activating group) is 1. The van der Waals surface area contributed by atoms with Crippen LogP contribution in [0, 0.1) is 0 Å². The number of rotatable bonds is 4. The molecule has 1 aromatic rings. The van der Waals surface area contributed by atoms with Gasteiger partial charge in [-0.1, -0.05) is 0 Å². The van der Waals surface area contributed by atoms with Gasteiger partial charge in [0.2, 0.25) is 5.91 Å². The van der Waals surface area contributed by atoms with Crippen molar-refractivity contribution in [3.63, 3.8) is 0 Å². The van der Waals surface area contributed by atoms with E-state index < -0.39 is 0 Å². The maximum atomic E-state index is 11.9. The van der Waals surface area contributed by atoms with Gasteiger partial charge in [0.15, 0.2) is 17.9 Å². The zero-order valence-corrected chi connectivity index (χ0v) is 9.89. The molecule has 0 N–H and O–H groups in total. The lowest BCUT2D eigenvalue weighted by molar-refractivity contribution is -0.128. The van der Waals surface area contributed by atoms with Crippen molar-refractivity contribution in [1.82, 2.24) is 4.90 Å². The number of anilines is 1. The number of aldehydes is 1. The molecule has 1 aromatic heterocycles. The summed E-state index contributed by atoms with van der Waals surface area (Å²) in [6.45, 7) is 1.99. The first-order valence-electron chi connectivity index (χ1n) is 5.74. The molecule has 2 rings (SSSR count). The Bertz CT molecular complexity index is 408. The highest BCUT2D eigenvalue weighted by atomic mass is 16.4. The van der Waals surface area contributed by atoms with Crippen molar-refractivity contribution in [3.05, 3.63) is 17.9 Å². The number of carbonyl (C=O) groups is 2. The third-order valence-corrected chi connectivity index (χ3v) is 2.94. The molecule has 0 radical (unpaired) electrons. The Kier molecular flexibility index (Phi) is 3.46. The summed E-state index contributed by atoms with van der Waals surface area (Å²) in [4.78, 5) is 25.9. The van der Waals surface area contributed by atoms with Gasteiger partial charge in [0.1, 0.15) is 0 Å². The summed E-state index contributed by atoms with van der Waals surface area (Å²) in [5.41, 5.74) is 0. The van der Waals surface area contributed by atoms with E-state index in [1.807, 2.05) is 4.90 Å². The molecule has 92 valence electrons. The van der Waals surface area contributed by atoms with Gasteiger partial charge < -0.3 is 14.2 Å². The molecule has 1 aliphatic rings. The average molecular weight is 236 g/mol. The second kappa shape index (κ2) is 5.03. The number of amides is 1. The molecule has 0 saturated carbocycles. The van der Waals surface area contributed by atoms with Gasteiger partial charge in [0.25, 0.3) is 0 Å². The fourth-order valence-electron chi connectivity index (χ4n) is 1.96. The Balaban J connectivity index is 1.93. The first kappa shape index (κ1) is 11.7. The third-order valence-electron chi connectivity index (χ3n) is 2.94.